The minimum atomic E-state index is -0.810. The van der Waals surface area contributed by atoms with Crippen LogP contribution in [0.1, 0.15) is 45.7 Å². The van der Waals surface area contributed by atoms with Crippen LogP contribution in [0.15, 0.2) is 24.3 Å². The molecular weight excluding hydrogens is 254 g/mol. The largest absolute Gasteiger partial charge is 0.494 e. The zero-order chi connectivity index (χ0) is 15.1. The summed E-state index contributed by atoms with van der Waals surface area (Å²) in [4.78, 5) is 11.2. The third-order valence-corrected chi connectivity index (χ3v) is 3.22. The Labute approximate surface area is 121 Å². The number of carbonyl (C=O) groups is 1. The van der Waals surface area contributed by atoms with E-state index in [4.69, 9.17) is 4.74 Å². The van der Waals surface area contributed by atoms with Gasteiger partial charge in [0.1, 0.15) is 11.8 Å². The van der Waals surface area contributed by atoms with Gasteiger partial charge in [-0.1, -0.05) is 32.9 Å². The molecule has 0 aliphatic carbocycles. The number of ether oxygens (including phenoxy) is 1. The van der Waals surface area contributed by atoms with E-state index in [1.165, 1.54) is 0 Å². The topological polar surface area (TPSA) is 58.6 Å². The van der Waals surface area contributed by atoms with Crippen LogP contribution in [0.3, 0.4) is 0 Å². The van der Waals surface area contributed by atoms with Crippen LogP contribution in [0.5, 0.6) is 5.75 Å². The molecule has 0 bridgehead atoms. The molecule has 0 aromatic heterocycles. The fourth-order valence-corrected chi connectivity index (χ4v) is 1.99. The molecule has 2 unspecified atom stereocenters. The predicted molar refractivity (Wildman–Crippen MR) is 80.0 cm³/mol. The second-order valence-electron chi connectivity index (χ2n) is 5.37. The summed E-state index contributed by atoms with van der Waals surface area (Å²) in [6.45, 7) is 8.56. The van der Waals surface area contributed by atoms with Gasteiger partial charge in [0.2, 0.25) is 0 Å². The Kier molecular flexibility index (Phi) is 6.52. The Bertz CT molecular complexity index is 414. The molecule has 0 aliphatic rings. The number of carboxylic acid groups (broad SMARTS) is 1. The van der Waals surface area contributed by atoms with Crippen LogP contribution >= 0.6 is 0 Å². The lowest BCUT2D eigenvalue weighted by atomic mass is 10.0. The quantitative estimate of drug-likeness (QED) is 0.767. The van der Waals surface area contributed by atoms with E-state index in [0.29, 0.717) is 6.61 Å². The molecule has 0 saturated heterocycles. The first-order valence-electron chi connectivity index (χ1n) is 7.17. The van der Waals surface area contributed by atoms with Crippen LogP contribution in [0.25, 0.3) is 0 Å². The van der Waals surface area contributed by atoms with E-state index in [9.17, 15) is 9.90 Å². The van der Waals surface area contributed by atoms with Gasteiger partial charge in [0.25, 0.3) is 0 Å². The molecule has 1 aromatic rings. The van der Waals surface area contributed by atoms with Gasteiger partial charge in [-0.3, -0.25) is 10.1 Å². The summed E-state index contributed by atoms with van der Waals surface area (Å²) in [7, 11) is 0. The van der Waals surface area contributed by atoms with Crippen molar-refractivity contribution in [1.82, 2.24) is 5.32 Å². The first kappa shape index (κ1) is 16.5. The number of carboxylic acids is 1. The summed E-state index contributed by atoms with van der Waals surface area (Å²) in [5.41, 5.74) is 1.06. The first-order chi connectivity index (χ1) is 9.45. The number of rotatable bonds is 8. The summed E-state index contributed by atoms with van der Waals surface area (Å²) < 4.78 is 5.53. The van der Waals surface area contributed by atoms with E-state index in [2.05, 4.69) is 12.2 Å². The highest BCUT2D eigenvalue weighted by molar-refractivity contribution is 5.73. The van der Waals surface area contributed by atoms with E-state index in [0.717, 1.165) is 17.7 Å². The Balaban J connectivity index is 2.67. The van der Waals surface area contributed by atoms with Crippen LogP contribution in [0.4, 0.5) is 0 Å². The maximum absolute atomic E-state index is 11.2. The minimum Gasteiger partial charge on any atom is -0.494 e. The molecule has 4 heteroatoms. The number of nitrogens with one attached hydrogen (secondary N) is 1. The maximum atomic E-state index is 11.2. The van der Waals surface area contributed by atoms with Crippen molar-refractivity contribution >= 4 is 5.97 Å². The van der Waals surface area contributed by atoms with Gasteiger partial charge < -0.3 is 9.84 Å². The molecule has 0 spiro atoms. The Hall–Kier alpha value is -1.55. The summed E-state index contributed by atoms with van der Waals surface area (Å²) in [6.07, 6.45) is 0.981. The average Bonchev–Trinajstić information content (AvgIpc) is 2.42. The lowest BCUT2D eigenvalue weighted by Gasteiger charge is -2.23. The Morgan fingerprint density at radius 1 is 1.25 bits per heavy atom. The van der Waals surface area contributed by atoms with Gasteiger partial charge in [0, 0.05) is 6.04 Å². The van der Waals surface area contributed by atoms with Crippen molar-refractivity contribution < 1.29 is 14.6 Å². The van der Waals surface area contributed by atoms with E-state index in [1.807, 2.05) is 45.0 Å². The van der Waals surface area contributed by atoms with Crippen molar-refractivity contribution in [2.45, 2.75) is 46.2 Å². The number of hydrogen-bond acceptors (Lipinski definition) is 3. The Morgan fingerprint density at radius 3 is 2.30 bits per heavy atom. The second-order valence-corrected chi connectivity index (χ2v) is 5.37. The predicted octanol–water partition coefficient (Wildman–Crippen LogP) is 3.24. The van der Waals surface area contributed by atoms with E-state index < -0.39 is 12.0 Å². The lowest BCUT2D eigenvalue weighted by molar-refractivity contribution is -0.140. The third kappa shape index (κ3) is 4.85. The van der Waals surface area contributed by atoms with Crippen LogP contribution in [-0.4, -0.2) is 23.7 Å². The number of hydrogen-bond donors (Lipinski definition) is 2. The molecule has 0 aliphatic heterocycles. The fraction of sp³-hybridized carbons (Fsp3) is 0.562. The molecule has 4 nitrogen and oxygen atoms in total. The van der Waals surface area contributed by atoms with Crippen LogP contribution in [-0.2, 0) is 4.79 Å². The fourth-order valence-electron chi connectivity index (χ4n) is 1.99. The molecule has 0 amide bonds. The molecule has 20 heavy (non-hydrogen) atoms. The summed E-state index contributed by atoms with van der Waals surface area (Å²) in [5, 5.41) is 12.4. The highest BCUT2D eigenvalue weighted by atomic mass is 16.5. The van der Waals surface area contributed by atoms with Gasteiger partial charge in [-0.15, -0.1) is 0 Å². The molecule has 1 aromatic carbocycles. The van der Waals surface area contributed by atoms with Gasteiger partial charge in [0.15, 0.2) is 0 Å². The molecule has 2 atom stereocenters. The highest BCUT2D eigenvalue weighted by Crippen LogP contribution is 2.19. The lowest BCUT2D eigenvalue weighted by Crippen LogP contribution is -2.42. The van der Waals surface area contributed by atoms with Gasteiger partial charge in [-0.25, -0.2) is 0 Å². The van der Waals surface area contributed by atoms with E-state index >= 15 is 0 Å². The van der Waals surface area contributed by atoms with Crippen LogP contribution in [0.2, 0.25) is 0 Å². The molecule has 0 saturated carbocycles. The zero-order valence-electron chi connectivity index (χ0n) is 12.7. The van der Waals surface area contributed by atoms with Crippen molar-refractivity contribution in [2.24, 2.45) is 5.92 Å². The van der Waals surface area contributed by atoms with Gasteiger partial charge in [0.05, 0.1) is 6.61 Å². The summed E-state index contributed by atoms with van der Waals surface area (Å²) in [6, 6.07) is 7.24. The monoisotopic (exact) mass is 279 g/mol. The van der Waals surface area contributed by atoms with Crippen LogP contribution in [0, 0.1) is 5.92 Å². The smallest absolute Gasteiger partial charge is 0.320 e. The van der Waals surface area contributed by atoms with Crippen molar-refractivity contribution in [3.05, 3.63) is 29.8 Å². The Morgan fingerprint density at radius 2 is 1.85 bits per heavy atom. The minimum absolute atomic E-state index is 0.0151. The molecule has 0 fully saturated rings. The van der Waals surface area contributed by atoms with Gasteiger partial charge >= 0.3 is 5.97 Å². The molecule has 2 N–H and O–H groups in total. The van der Waals surface area contributed by atoms with Crippen LogP contribution < -0.4 is 10.1 Å². The third-order valence-electron chi connectivity index (χ3n) is 3.22. The first-order valence-corrected chi connectivity index (χ1v) is 7.17. The van der Waals surface area contributed by atoms with Gasteiger partial charge in [-0.05, 0) is 37.0 Å². The van der Waals surface area contributed by atoms with Crippen molar-refractivity contribution in [1.29, 1.82) is 0 Å². The van der Waals surface area contributed by atoms with Crippen molar-refractivity contribution in [3.8, 4) is 5.75 Å². The molecule has 1 rings (SSSR count). The van der Waals surface area contributed by atoms with Crippen molar-refractivity contribution in [2.75, 3.05) is 6.61 Å². The zero-order valence-corrected chi connectivity index (χ0v) is 12.7. The molecular formula is C16H25NO3. The molecule has 0 radical (unpaired) electrons. The number of aliphatic carboxylic acids is 1. The van der Waals surface area contributed by atoms with E-state index in [-0.39, 0.29) is 12.0 Å². The van der Waals surface area contributed by atoms with Crippen molar-refractivity contribution in [3.63, 3.8) is 0 Å². The number of benzene rings is 1. The normalized spacial score (nSPS) is 14.1. The SMILES string of the molecule is CCCOc1ccc(C(C)NC(C(=O)O)C(C)C)cc1. The molecule has 112 valence electrons. The highest BCUT2D eigenvalue weighted by Gasteiger charge is 2.23. The average molecular weight is 279 g/mol. The van der Waals surface area contributed by atoms with Gasteiger partial charge in [-0.2, -0.15) is 0 Å². The summed E-state index contributed by atoms with van der Waals surface area (Å²) >= 11 is 0. The standard InChI is InChI=1S/C16H25NO3/c1-5-10-20-14-8-6-13(7-9-14)12(4)17-15(11(2)3)16(18)19/h6-9,11-12,15,17H,5,10H2,1-4H3,(H,18,19). The molecule has 0 heterocycles. The summed E-state index contributed by atoms with van der Waals surface area (Å²) in [5.74, 6) is 0.0818. The van der Waals surface area contributed by atoms with E-state index in [1.54, 1.807) is 0 Å². The second kappa shape index (κ2) is 7.90. The maximum Gasteiger partial charge on any atom is 0.320 e.